The number of amides is 2. The summed E-state index contributed by atoms with van der Waals surface area (Å²) in [6.07, 6.45) is -1.14. The van der Waals surface area contributed by atoms with Crippen molar-refractivity contribution in [1.82, 2.24) is 15.2 Å². The fourth-order valence-corrected chi connectivity index (χ4v) is 5.35. The van der Waals surface area contributed by atoms with Gasteiger partial charge in [0.15, 0.2) is 0 Å². The molecule has 0 spiro atoms. The molecule has 4 rings (SSSR count). The number of halogens is 4. The number of benzene rings is 1. The largest absolute Gasteiger partial charge is 0.497 e. The number of piperidine rings is 1. The first-order chi connectivity index (χ1) is 18.8. The van der Waals surface area contributed by atoms with E-state index in [4.69, 9.17) is 16.3 Å². The molecule has 1 aromatic carbocycles. The van der Waals surface area contributed by atoms with Gasteiger partial charge < -0.3 is 25.0 Å². The Hall–Kier alpha value is -3.05. The summed E-state index contributed by atoms with van der Waals surface area (Å²) in [5, 5.41) is 13.4. The highest BCUT2D eigenvalue weighted by Crippen LogP contribution is 2.45. The number of hydrogen-bond acceptors (Lipinski definition) is 6. The molecule has 1 saturated carbocycles. The Morgan fingerprint density at radius 3 is 2.42 bits per heavy atom. The molecule has 8 nitrogen and oxygen atoms in total. The summed E-state index contributed by atoms with van der Waals surface area (Å²) in [4.78, 5) is 33.1. The molecule has 2 aliphatic rings. The molecular weight excluding hydrogens is 549 g/mol. The Kier molecular flexibility index (Phi) is 8.56. The van der Waals surface area contributed by atoms with Crippen molar-refractivity contribution in [3.05, 3.63) is 52.7 Å². The topological polar surface area (TPSA) is 95.0 Å². The summed E-state index contributed by atoms with van der Waals surface area (Å²) >= 11 is 6.26. The van der Waals surface area contributed by atoms with E-state index in [1.54, 1.807) is 26.2 Å². The van der Waals surface area contributed by atoms with E-state index in [0.717, 1.165) is 44.5 Å². The number of pyridine rings is 1. The van der Waals surface area contributed by atoms with Gasteiger partial charge in [-0.15, -0.1) is 0 Å². The summed E-state index contributed by atoms with van der Waals surface area (Å²) < 4.78 is 47.2. The highest BCUT2D eigenvalue weighted by atomic mass is 35.5. The number of nitrogens with zero attached hydrogens (tertiary/aromatic N) is 3. The van der Waals surface area contributed by atoms with Crippen molar-refractivity contribution in [2.45, 2.75) is 55.8 Å². The molecule has 218 valence electrons. The minimum absolute atomic E-state index is 0.107. The van der Waals surface area contributed by atoms with E-state index in [1.807, 2.05) is 0 Å². The third-order valence-corrected chi connectivity index (χ3v) is 8.19. The SMILES string of the molecule is COc1cccc([C@@](O)(C(=O)NC2(CCC3CCN(c4ccc(C(=O)N(C)C)c(Cl)n4)CC3)CC2)C(F)(F)F)c1. The number of methoxy groups -OCH3 is 1. The molecule has 0 bridgehead atoms. The van der Waals surface area contributed by atoms with Crippen LogP contribution in [-0.4, -0.2) is 72.8 Å². The first kappa shape index (κ1) is 29.9. The van der Waals surface area contributed by atoms with Gasteiger partial charge in [0, 0.05) is 38.3 Å². The molecule has 1 atom stereocenters. The Balaban J connectivity index is 1.34. The Labute approximate surface area is 236 Å². The molecule has 2 amide bonds. The second-order valence-corrected chi connectivity index (χ2v) is 11.2. The van der Waals surface area contributed by atoms with E-state index in [1.165, 1.54) is 24.1 Å². The van der Waals surface area contributed by atoms with Crippen molar-refractivity contribution in [2.24, 2.45) is 5.92 Å². The van der Waals surface area contributed by atoms with Crippen LogP contribution in [0.5, 0.6) is 5.75 Å². The average molecular weight is 583 g/mol. The van der Waals surface area contributed by atoms with Gasteiger partial charge in [-0.1, -0.05) is 23.7 Å². The molecular formula is C28H34ClF3N4O4. The van der Waals surface area contributed by atoms with Crippen LogP contribution in [0, 0.1) is 5.92 Å². The van der Waals surface area contributed by atoms with Gasteiger partial charge in [-0.05, 0) is 68.7 Å². The number of carbonyl (C=O) groups excluding carboxylic acids is 2. The summed E-state index contributed by atoms with van der Waals surface area (Å²) in [7, 11) is 4.59. The van der Waals surface area contributed by atoms with E-state index >= 15 is 0 Å². The number of alkyl halides is 3. The van der Waals surface area contributed by atoms with Crippen LogP contribution in [0.15, 0.2) is 36.4 Å². The van der Waals surface area contributed by atoms with Crippen molar-refractivity contribution in [1.29, 1.82) is 0 Å². The first-order valence-electron chi connectivity index (χ1n) is 13.2. The van der Waals surface area contributed by atoms with Crippen LogP contribution >= 0.6 is 11.6 Å². The lowest BCUT2D eigenvalue weighted by molar-refractivity contribution is -0.257. The van der Waals surface area contributed by atoms with Gasteiger partial charge in [0.2, 0.25) is 0 Å². The lowest BCUT2D eigenvalue weighted by Gasteiger charge is -2.34. The van der Waals surface area contributed by atoms with Gasteiger partial charge in [0.25, 0.3) is 17.4 Å². The number of anilines is 1. The zero-order chi connectivity index (χ0) is 29.3. The van der Waals surface area contributed by atoms with Crippen LogP contribution in [0.4, 0.5) is 19.0 Å². The van der Waals surface area contributed by atoms with Crippen LogP contribution in [0.3, 0.4) is 0 Å². The molecule has 2 heterocycles. The number of hydrogen-bond donors (Lipinski definition) is 2. The van der Waals surface area contributed by atoms with Gasteiger partial charge >= 0.3 is 6.18 Å². The van der Waals surface area contributed by atoms with Gasteiger partial charge in [0.05, 0.1) is 12.7 Å². The van der Waals surface area contributed by atoms with Crippen molar-refractivity contribution in [2.75, 3.05) is 39.2 Å². The maximum absolute atomic E-state index is 14.1. The highest BCUT2D eigenvalue weighted by molar-refractivity contribution is 6.32. The number of rotatable bonds is 9. The van der Waals surface area contributed by atoms with Crippen LogP contribution < -0.4 is 15.0 Å². The van der Waals surface area contributed by atoms with E-state index < -0.39 is 28.8 Å². The molecule has 0 unspecified atom stereocenters. The van der Waals surface area contributed by atoms with Gasteiger partial charge in [-0.25, -0.2) is 4.98 Å². The fraction of sp³-hybridized carbons (Fsp3) is 0.536. The van der Waals surface area contributed by atoms with Crippen molar-refractivity contribution in [3.8, 4) is 5.75 Å². The zero-order valence-electron chi connectivity index (χ0n) is 22.7. The summed E-state index contributed by atoms with van der Waals surface area (Å²) in [5.74, 6) is -0.569. The predicted octanol–water partition coefficient (Wildman–Crippen LogP) is 4.54. The Morgan fingerprint density at radius 2 is 1.88 bits per heavy atom. The summed E-state index contributed by atoms with van der Waals surface area (Å²) in [6, 6.07) is 8.29. The van der Waals surface area contributed by atoms with Crippen molar-refractivity contribution in [3.63, 3.8) is 0 Å². The Morgan fingerprint density at radius 1 is 1.20 bits per heavy atom. The van der Waals surface area contributed by atoms with Gasteiger partial charge in [-0.3, -0.25) is 9.59 Å². The maximum atomic E-state index is 14.1. The molecule has 40 heavy (non-hydrogen) atoms. The lowest BCUT2D eigenvalue weighted by Crippen LogP contribution is -2.57. The number of carbonyl (C=O) groups is 2. The lowest BCUT2D eigenvalue weighted by atomic mass is 9.88. The van der Waals surface area contributed by atoms with E-state index in [9.17, 15) is 27.9 Å². The first-order valence-corrected chi connectivity index (χ1v) is 13.6. The minimum atomic E-state index is -5.22. The fourth-order valence-electron chi connectivity index (χ4n) is 5.12. The third-order valence-electron chi connectivity index (χ3n) is 7.90. The molecule has 12 heteroatoms. The van der Waals surface area contributed by atoms with Crippen LogP contribution in [0.25, 0.3) is 0 Å². The predicted molar refractivity (Wildman–Crippen MR) is 144 cm³/mol. The standard InChI is InChI=1S/C28H34ClF3N4O4/c1-35(2)24(37)21-7-8-22(33-23(21)29)36-15-10-18(11-16-36)9-12-26(13-14-26)34-25(38)27(39,28(30,31)32)19-5-4-6-20(17-19)40-3/h4-8,17-18,39H,9-16H2,1-3H3,(H,34,38)/t27-/m1/s1. The third kappa shape index (κ3) is 6.15. The van der Waals surface area contributed by atoms with Crippen molar-refractivity contribution >= 4 is 29.2 Å². The van der Waals surface area contributed by atoms with Crippen LogP contribution in [-0.2, 0) is 10.4 Å². The second kappa shape index (κ2) is 11.4. The molecule has 0 radical (unpaired) electrons. The second-order valence-electron chi connectivity index (χ2n) is 10.9. The molecule has 2 N–H and O–H groups in total. The Bertz CT molecular complexity index is 1250. The number of ether oxygens (including phenoxy) is 1. The average Bonchev–Trinajstić information content (AvgIpc) is 3.69. The van der Waals surface area contributed by atoms with Gasteiger partial charge in [0.1, 0.15) is 16.7 Å². The maximum Gasteiger partial charge on any atom is 0.430 e. The quantitative estimate of drug-likeness (QED) is 0.422. The zero-order valence-corrected chi connectivity index (χ0v) is 23.5. The van der Waals surface area contributed by atoms with E-state index in [2.05, 4.69) is 15.2 Å². The monoisotopic (exact) mass is 582 g/mol. The normalized spacial score (nSPS) is 18.6. The minimum Gasteiger partial charge on any atom is -0.497 e. The molecule has 2 aromatic rings. The molecule has 1 aromatic heterocycles. The number of aliphatic hydroxyl groups is 1. The van der Waals surface area contributed by atoms with Gasteiger partial charge in [-0.2, -0.15) is 13.2 Å². The van der Waals surface area contributed by atoms with Crippen LogP contribution in [0.2, 0.25) is 5.15 Å². The smallest absolute Gasteiger partial charge is 0.430 e. The van der Waals surface area contributed by atoms with Crippen LogP contribution in [0.1, 0.15) is 54.4 Å². The summed E-state index contributed by atoms with van der Waals surface area (Å²) in [6.45, 7) is 1.44. The van der Waals surface area contributed by atoms with E-state index in [0.29, 0.717) is 36.6 Å². The summed E-state index contributed by atoms with van der Waals surface area (Å²) in [5.41, 5.74) is -4.70. The van der Waals surface area contributed by atoms with E-state index in [-0.39, 0.29) is 16.8 Å². The molecule has 1 aliphatic heterocycles. The molecule has 2 fully saturated rings. The van der Waals surface area contributed by atoms with Crippen molar-refractivity contribution < 1.29 is 32.6 Å². The highest BCUT2D eigenvalue weighted by Gasteiger charge is 2.62. The number of nitrogens with one attached hydrogen (secondary N) is 1. The molecule has 1 saturated heterocycles. The number of aromatic nitrogens is 1. The molecule has 1 aliphatic carbocycles.